The van der Waals surface area contributed by atoms with Crippen LogP contribution in [0.25, 0.3) is 0 Å². The average molecular weight is 412 g/mol. The Morgan fingerprint density at radius 1 is 0.867 bits per heavy atom. The molecule has 2 aromatic carbocycles. The molecule has 2 atom stereocenters. The smallest absolute Gasteiger partial charge is 0.425 e. The number of hydroxylamine groups is 1. The lowest BCUT2D eigenvalue weighted by molar-refractivity contribution is -0.175. The highest BCUT2D eigenvalue weighted by Crippen LogP contribution is 2.11. The molecule has 0 saturated carbocycles. The third-order valence-electron chi connectivity index (χ3n) is 4.60. The van der Waals surface area contributed by atoms with Gasteiger partial charge in [0.25, 0.3) is 0 Å². The molecular formula is C22H24N2O6. The molecule has 1 heterocycles. The first kappa shape index (κ1) is 21.6. The van der Waals surface area contributed by atoms with Gasteiger partial charge in [-0.15, -0.1) is 0 Å². The van der Waals surface area contributed by atoms with Crippen LogP contribution < -0.4 is 10.8 Å². The van der Waals surface area contributed by atoms with Gasteiger partial charge in [-0.05, 0) is 24.0 Å². The van der Waals surface area contributed by atoms with Crippen LogP contribution in [0, 0.1) is 0 Å². The zero-order valence-corrected chi connectivity index (χ0v) is 16.4. The van der Waals surface area contributed by atoms with Gasteiger partial charge < -0.3 is 14.8 Å². The van der Waals surface area contributed by atoms with Gasteiger partial charge in [0, 0.05) is 12.6 Å². The van der Waals surface area contributed by atoms with E-state index in [-0.39, 0.29) is 12.6 Å². The number of piperidine rings is 1. The molecule has 158 valence electrons. The molecule has 2 aromatic rings. The van der Waals surface area contributed by atoms with Crippen LogP contribution in [0.1, 0.15) is 24.0 Å². The van der Waals surface area contributed by atoms with E-state index in [9.17, 15) is 14.4 Å². The summed E-state index contributed by atoms with van der Waals surface area (Å²) in [6, 6.07) is 18.0. The summed E-state index contributed by atoms with van der Waals surface area (Å²) in [4.78, 5) is 41.1. The maximum absolute atomic E-state index is 12.1. The number of carbonyl (C=O) groups is 3. The van der Waals surface area contributed by atoms with E-state index in [0.29, 0.717) is 26.0 Å². The van der Waals surface area contributed by atoms with Gasteiger partial charge in [0.05, 0.1) is 6.61 Å². The van der Waals surface area contributed by atoms with E-state index in [0.717, 1.165) is 11.1 Å². The van der Waals surface area contributed by atoms with Crippen molar-refractivity contribution in [3.63, 3.8) is 0 Å². The molecule has 0 aliphatic carbocycles. The van der Waals surface area contributed by atoms with Gasteiger partial charge in [0.15, 0.2) is 0 Å². The quantitative estimate of drug-likeness (QED) is 0.306. The number of carbonyl (C=O) groups excluding carboxylic acids is 3. The van der Waals surface area contributed by atoms with Crippen molar-refractivity contribution in [3.8, 4) is 0 Å². The third-order valence-corrected chi connectivity index (χ3v) is 4.60. The molecular weight excluding hydrogens is 388 g/mol. The molecule has 3 rings (SSSR count). The van der Waals surface area contributed by atoms with Crippen molar-refractivity contribution in [1.29, 1.82) is 0 Å². The maximum Gasteiger partial charge on any atom is 0.425 e. The van der Waals surface area contributed by atoms with E-state index in [2.05, 4.69) is 15.5 Å². The normalized spacial score (nSPS) is 18.4. The highest BCUT2D eigenvalue weighted by molar-refractivity contribution is 6.31. The van der Waals surface area contributed by atoms with E-state index < -0.39 is 23.9 Å². The predicted octanol–water partition coefficient (Wildman–Crippen LogP) is 1.64. The second-order valence-electron chi connectivity index (χ2n) is 6.90. The van der Waals surface area contributed by atoms with E-state index in [4.69, 9.17) is 9.57 Å². The number of esters is 3. The summed E-state index contributed by atoms with van der Waals surface area (Å²) in [6.07, 6.45) is 1.09. The predicted molar refractivity (Wildman–Crippen MR) is 107 cm³/mol. The largest absolute Gasteiger partial charge is 0.452 e. The second-order valence-corrected chi connectivity index (χ2v) is 6.90. The Morgan fingerprint density at radius 2 is 1.50 bits per heavy atom. The Morgan fingerprint density at radius 3 is 2.10 bits per heavy atom. The summed E-state index contributed by atoms with van der Waals surface area (Å²) >= 11 is 0. The van der Waals surface area contributed by atoms with Crippen molar-refractivity contribution in [2.24, 2.45) is 0 Å². The topological polar surface area (TPSA) is 103 Å². The van der Waals surface area contributed by atoms with Crippen molar-refractivity contribution >= 4 is 17.9 Å². The van der Waals surface area contributed by atoms with Gasteiger partial charge in [-0.3, -0.25) is 4.84 Å². The summed E-state index contributed by atoms with van der Waals surface area (Å²) in [5.41, 5.74) is 4.74. The van der Waals surface area contributed by atoms with Gasteiger partial charge in [0.1, 0.15) is 12.6 Å². The van der Waals surface area contributed by atoms with E-state index in [1.54, 1.807) is 24.3 Å². The van der Waals surface area contributed by atoms with E-state index >= 15 is 0 Å². The maximum atomic E-state index is 12.1. The molecule has 0 bridgehead atoms. The van der Waals surface area contributed by atoms with Gasteiger partial charge >= 0.3 is 17.9 Å². The zero-order chi connectivity index (χ0) is 21.2. The van der Waals surface area contributed by atoms with Crippen molar-refractivity contribution < 1.29 is 28.7 Å². The van der Waals surface area contributed by atoms with Crippen molar-refractivity contribution in [2.75, 3.05) is 6.54 Å². The molecule has 0 aromatic heterocycles. The first-order chi connectivity index (χ1) is 14.6. The van der Waals surface area contributed by atoms with Crippen LogP contribution in [0.2, 0.25) is 0 Å². The molecule has 0 spiro atoms. The number of rotatable bonds is 7. The molecule has 2 N–H and O–H groups in total. The molecule has 8 heteroatoms. The fourth-order valence-electron chi connectivity index (χ4n) is 2.96. The highest BCUT2D eigenvalue weighted by atomic mass is 16.6. The number of benzene rings is 2. The average Bonchev–Trinajstić information content (AvgIpc) is 2.79. The summed E-state index contributed by atoms with van der Waals surface area (Å²) < 4.78 is 9.51. The first-order valence-corrected chi connectivity index (χ1v) is 9.73. The van der Waals surface area contributed by atoms with Crippen LogP contribution in [0.5, 0.6) is 0 Å². The van der Waals surface area contributed by atoms with Gasteiger partial charge in [-0.2, -0.15) is 5.48 Å². The number of nitrogens with one attached hydrogen (secondary N) is 2. The van der Waals surface area contributed by atoms with Gasteiger partial charge in [0.2, 0.25) is 0 Å². The molecule has 8 nitrogen and oxygen atoms in total. The number of hydrogen-bond donors (Lipinski definition) is 2. The molecule has 1 aliphatic rings. The Balaban J connectivity index is 1.33. The lowest BCUT2D eigenvalue weighted by Crippen LogP contribution is -2.51. The Kier molecular flexibility index (Phi) is 8.08. The molecule has 1 saturated heterocycles. The fourth-order valence-corrected chi connectivity index (χ4v) is 2.96. The Bertz CT molecular complexity index is 835. The van der Waals surface area contributed by atoms with E-state index in [1.807, 2.05) is 36.4 Å². The van der Waals surface area contributed by atoms with Crippen LogP contribution in [0.4, 0.5) is 0 Å². The number of ether oxygens (including phenoxy) is 2. The zero-order valence-electron chi connectivity index (χ0n) is 16.4. The Hall–Kier alpha value is -3.07. The number of hydrogen-bond acceptors (Lipinski definition) is 8. The Labute approximate surface area is 174 Å². The van der Waals surface area contributed by atoms with Crippen LogP contribution in [-0.4, -0.2) is 36.5 Å². The molecule has 0 radical (unpaired) electrons. The summed E-state index contributed by atoms with van der Waals surface area (Å²) in [5, 5.41) is 3.00. The van der Waals surface area contributed by atoms with Gasteiger partial charge in [-0.1, -0.05) is 60.7 Å². The highest BCUT2D eigenvalue weighted by Gasteiger charge is 2.30. The monoisotopic (exact) mass is 412 g/mol. The van der Waals surface area contributed by atoms with Crippen molar-refractivity contribution in [2.45, 2.75) is 38.1 Å². The van der Waals surface area contributed by atoms with Crippen LogP contribution in [-0.2, 0) is 41.9 Å². The van der Waals surface area contributed by atoms with Gasteiger partial charge in [-0.25, -0.2) is 14.4 Å². The minimum absolute atomic E-state index is 0.0179. The summed E-state index contributed by atoms with van der Waals surface area (Å²) in [7, 11) is 0. The molecule has 0 unspecified atom stereocenters. The molecule has 0 amide bonds. The minimum Gasteiger partial charge on any atom is -0.452 e. The van der Waals surface area contributed by atoms with Crippen LogP contribution in [0.3, 0.4) is 0 Å². The lowest BCUT2D eigenvalue weighted by Gasteiger charge is -2.28. The van der Waals surface area contributed by atoms with Crippen LogP contribution in [0.15, 0.2) is 60.7 Å². The fraction of sp³-hybridized carbons (Fsp3) is 0.318. The van der Waals surface area contributed by atoms with Crippen LogP contribution >= 0.6 is 0 Å². The van der Waals surface area contributed by atoms with Crippen molar-refractivity contribution in [3.05, 3.63) is 71.8 Å². The molecule has 1 aliphatic heterocycles. The SMILES string of the molecule is O=C(OCc1ccccc1)C(=O)OC(=O)[C@H]1CC[C@@H](NOCc2ccccc2)CN1. The lowest BCUT2D eigenvalue weighted by atomic mass is 10.0. The molecule has 30 heavy (non-hydrogen) atoms. The van der Waals surface area contributed by atoms with Crippen molar-refractivity contribution in [1.82, 2.24) is 10.8 Å². The summed E-state index contributed by atoms with van der Waals surface area (Å²) in [5.74, 6) is -3.30. The first-order valence-electron chi connectivity index (χ1n) is 9.73. The third kappa shape index (κ3) is 6.77. The second kappa shape index (κ2) is 11.2. The standard InChI is InChI=1S/C22H24N2O6/c25-20(30-22(27)21(26)28-14-16-7-3-1-4-8-16)19-12-11-18(13-23-19)24-29-15-17-9-5-2-6-10-17/h1-10,18-19,23-24H,11-15H2/t18-,19-/m1/s1. The van der Waals surface area contributed by atoms with E-state index in [1.165, 1.54) is 0 Å². The minimum atomic E-state index is -1.32. The molecule has 1 fully saturated rings. The summed E-state index contributed by atoms with van der Waals surface area (Å²) in [6.45, 7) is 0.824.